The third kappa shape index (κ3) is 3.32. The number of ether oxygens (including phenoxy) is 4. The molecule has 1 aliphatic rings. The van der Waals surface area contributed by atoms with Crippen molar-refractivity contribution in [3.05, 3.63) is 45.6 Å². The number of methoxy groups -OCH3 is 3. The highest BCUT2D eigenvalue weighted by Gasteiger charge is 2.27. The van der Waals surface area contributed by atoms with Crippen LogP contribution in [0.5, 0.6) is 23.0 Å². The lowest BCUT2D eigenvalue weighted by Crippen LogP contribution is -2.12. The van der Waals surface area contributed by atoms with Crippen LogP contribution < -0.4 is 30.1 Å². The summed E-state index contributed by atoms with van der Waals surface area (Å²) in [5.74, 6) is 1.99. The summed E-state index contributed by atoms with van der Waals surface area (Å²) >= 11 is 0. The number of benzene rings is 1. The fraction of sp³-hybridized carbons (Fsp3) is 0.381. The highest BCUT2D eigenvalue weighted by atomic mass is 16.5. The van der Waals surface area contributed by atoms with Crippen LogP contribution in [-0.2, 0) is 6.42 Å². The lowest BCUT2D eigenvalue weighted by atomic mass is 9.95. The van der Waals surface area contributed by atoms with E-state index in [1.807, 2.05) is 19.1 Å². The molecule has 2 N–H and O–H groups in total. The maximum atomic E-state index is 12.6. The number of fused-ring (bicyclic) bond motifs is 3. The van der Waals surface area contributed by atoms with Gasteiger partial charge in [-0.2, -0.15) is 0 Å². The number of rotatable bonds is 5. The van der Waals surface area contributed by atoms with Gasteiger partial charge in [-0.15, -0.1) is 0 Å². The summed E-state index contributed by atoms with van der Waals surface area (Å²) < 4.78 is 22.2. The van der Waals surface area contributed by atoms with E-state index >= 15 is 0 Å². The van der Waals surface area contributed by atoms with Crippen LogP contribution in [0.3, 0.4) is 0 Å². The van der Waals surface area contributed by atoms with Crippen LogP contribution in [0.15, 0.2) is 29.1 Å². The summed E-state index contributed by atoms with van der Waals surface area (Å²) in [4.78, 5) is 12.6. The molecule has 0 fully saturated rings. The Kier molecular flexibility index (Phi) is 5.56. The molecule has 6 heteroatoms. The fourth-order valence-corrected chi connectivity index (χ4v) is 3.60. The van der Waals surface area contributed by atoms with Gasteiger partial charge >= 0.3 is 0 Å². The van der Waals surface area contributed by atoms with Crippen LogP contribution >= 0.6 is 0 Å². The van der Waals surface area contributed by atoms with Gasteiger partial charge in [-0.3, -0.25) is 4.79 Å². The first-order valence-electron chi connectivity index (χ1n) is 8.94. The van der Waals surface area contributed by atoms with Gasteiger partial charge in [0.05, 0.1) is 27.9 Å². The Labute approximate surface area is 158 Å². The lowest BCUT2D eigenvalue weighted by Gasteiger charge is -2.19. The zero-order chi connectivity index (χ0) is 19.6. The molecule has 0 aliphatic heterocycles. The minimum absolute atomic E-state index is 0.184. The Hall–Kier alpha value is -2.73. The first kappa shape index (κ1) is 19.0. The molecule has 2 aromatic rings. The standard InChI is InChI=1S/C21H25NO5/c1-5-27-17-9-7-13-14(11-16(17)23)15(22)8-6-12-10-18(24-2)20(25-3)21(26-4)19(12)13/h7,9-11,15H,5-6,8,22H2,1-4H3. The molecule has 3 rings (SSSR count). The van der Waals surface area contributed by atoms with Crippen molar-refractivity contribution in [2.45, 2.75) is 25.8 Å². The molecule has 0 amide bonds. The monoisotopic (exact) mass is 371 g/mol. The van der Waals surface area contributed by atoms with Crippen molar-refractivity contribution in [1.29, 1.82) is 0 Å². The Morgan fingerprint density at radius 1 is 1.04 bits per heavy atom. The van der Waals surface area contributed by atoms with E-state index in [1.54, 1.807) is 33.5 Å². The normalized spacial score (nSPS) is 15.2. The predicted molar refractivity (Wildman–Crippen MR) is 104 cm³/mol. The molecule has 144 valence electrons. The molecule has 27 heavy (non-hydrogen) atoms. The summed E-state index contributed by atoms with van der Waals surface area (Å²) in [6.45, 7) is 2.26. The van der Waals surface area contributed by atoms with Crippen molar-refractivity contribution in [1.82, 2.24) is 0 Å². The SMILES string of the molecule is CCOc1ccc2c(cc1=O)C(N)CCc1cc(OC)c(OC)c(OC)c1-2. The molecule has 0 spiro atoms. The zero-order valence-electron chi connectivity index (χ0n) is 16.1. The van der Waals surface area contributed by atoms with Gasteiger partial charge in [0.1, 0.15) is 0 Å². The van der Waals surface area contributed by atoms with Gasteiger partial charge in [-0.05, 0) is 54.7 Å². The van der Waals surface area contributed by atoms with E-state index in [2.05, 4.69) is 0 Å². The third-order valence-electron chi connectivity index (χ3n) is 4.85. The van der Waals surface area contributed by atoms with E-state index in [0.29, 0.717) is 36.0 Å². The van der Waals surface area contributed by atoms with E-state index in [4.69, 9.17) is 24.7 Å². The Bertz CT molecular complexity index is 910. The number of hydrogen-bond acceptors (Lipinski definition) is 6. The summed E-state index contributed by atoms with van der Waals surface area (Å²) in [7, 11) is 4.76. The molecule has 2 aromatic carbocycles. The molecule has 0 bridgehead atoms. The molecular weight excluding hydrogens is 346 g/mol. The topological polar surface area (TPSA) is 80.0 Å². The van der Waals surface area contributed by atoms with Crippen LogP contribution in [0, 0.1) is 0 Å². The third-order valence-corrected chi connectivity index (χ3v) is 4.85. The molecule has 0 heterocycles. The molecule has 1 unspecified atom stereocenters. The second-order valence-corrected chi connectivity index (χ2v) is 6.33. The fourth-order valence-electron chi connectivity index (χ4n) is 3.60. The van der Waals surface area contributed by atoms with E-state index in [0.717, 1.165) is 28.7 Å². The van der Waals surface area contributed by atoms with E-state index in [9.17, 15) is 4.79 Å². The van der Waals surface area contributed by atoms with Crippen LogP contribution in [0.4, 0.5) is 0 Å². The van der Waals surface area contributed by atoms with Crippen LogP contribution in [0.25, 0.3) is 11.1 Å². The maximum Gasteiger partial charge on any atom is 0.220 e. The molecular formula is C21H25NO5. The molecule has 0 aromatic heterocycles. The van der Waals surface area contributed by atoms with Gasteiger partial charge in [0.15, 0.2) is 17.2 Å². The minimum Gasteiger partial charge on any atom is -0.493 e. The first-order valence-corrected chi connectivity index (χ1v) is 8.94. The van der Waals surface area contributed by atoms with Crippen molar-refractivity contribution in [2.24, 2.45) is 5.73 Å². The smallest absolute Gasteiger partial charge is 0.220 e. The Morgan fingerprint density at radius 3 is 2.41 bits per heavy atom. The summed E-state index contributed by atoms with van der Waals surface area (Å²) in [5, 5.41) is 0. The molecule has 6 nitrogen and oxygen atoms in total. The summed E-state index contributed by atoms with van der Waals surface area (Å²) in [5.41, 5.74) is 9.77. The predicted octanol–water partition coefficient (Wildman–Crippen LogP) is 3.08. The first-order chi connectivity index (χ1) is 13.0. The summed E-state index contributed by atoms with van der Waals surface area (Å²) in [6.07, 6.45) is 1.43. The largest absolute Gasteiger partial charge is 0.493 e. The van der Waals surface area contributed by atoms with E-state index in [-0.39, 0.29) is 11.5 Å². The average molecular weight is 371 g/mol. The van der Waals surface area contributed by atoms with Crippen molar-refractivity contribution >= 4 is 0 Å². The van der Waals surface area contributed by atoms with Gasteiger partial charge in [0.25, 0.3) is 0 Å². The molecule has 0 saturated heterocycles. The van der Waals surface area contributed by atoms with Crippen molar-refractivity contribution in [3.8, 4) is 34.1 Å². The van der Waals surface area contributed by atoms with Crippen molar-refractivity contribution < 1.29 is 18.9 Å². The average Bonchev–Trinajstić information content (AvgIpc) is 2.91. The van der Waals surface area contributed by atoms with Gasteiger partial charge < -0.3 is 24.7 Å². The quantitative estimate of drug-likeness (QED) is 0.870. The zero-order valence-corrected chi connectivity index (χ0v) is 16.1. The number of hydrogen-bond donors (Lipinski definition) is 1. The van der Waals surface area contributed by atoms with E-state index < -0.39 is 0 Å². The van der Waals surface area contributed by atoms with Crippen LogP contribution in [0.2, 0.25) is 0 Å². The molecule has 1 aliphatic carbocycles. The van der Waals surface area contributed by atoms with Crippen LogP contribution in [-0.4, -0.2) is 27.9 Å². The number of nitrogens with two attached hydrogens (primary N) is 1. The van der Waals surface area contributed by atoms with Gasteiger partial charge in [0.2, 0.25) is 11.2 Å². The molecule has 1 atom stereocenters. The number of aryl methyl sites for hydroxylation is 1. The lowest BCUT2D eigenvalue weighted by molar-refractivity contribution is 0.324. The Morgan fingerprint density at radius 2 is 1.78 bits per heavy atom. The molecule has 0 saturated carbocycles. The van der Waals surface area contributed by atoms with E-state index in [1.165, 1.54) is 0 Å². The van der Waals surface area contributed by atoms with Gasteiger partial charge in [-0.1, -0.05) is 6.07 Å². The van der Waals surface area contributed by atoms with Crippen LogP contribution in [0.1, 0.15) is 30.5 Å². The second-order valence-electron chi connectivity index (χ2n) is 6.33. The van der Waals surface area contributed by atoms with Gasteiger partial charge in [-0.25, -0.2) is 0 Å². The van der Waals surface area contributed by atoms with Crippen molar-refractivity contribution in [2.75, 3.05) is 27.9 Å². The van der Waals surface area contributed by atoms with Gasteiger partial charge in [0, 0.05) is 11.6 Å². The minimum atomic E-state index is -0.274. The molecule has 0 radical (unpaired) electrons. The highest BCUT2D eigenvalue weighted by Crippen LogP contribution is 2.49. The van der Waals surface area contributed by atoms with Crippen molar-refractivity contribution in [3.63, 3.8) is 0 Å². The Balaban J connectivity index is 2.39. The second kappa shape index (κ2) is 7.88. The highest BCUT2D eigenvalue weighted by molar-refractivity contribution is 5.82. The maximum absolute atomic E-state index is 12.6. The summed E-state index contributed by atoms with van der Waals surface area (Å²) in [6, 6.07) is 6.83.